The molecule has 0 amide bonds. The highest BCUT2D eigenvalue weighted by molar-refractivity contribution is 5.78. The van der Waals surface area contributed by atoms with Gasteiger partial charge in [-0.25, -0.2) is 9.38 Å². The summed E-state index contributed by atoms with van der Waals surface area (Å²) in [6, 6.07) is 11.7. The molecule has 1 saturated heterocycles. The molecule has 1 fully saturated rings. The lowest BCUT2D eigenvalue weighted by atomic mass is 10.2. The number of aromatic hydroxyl groups is 1. The van der Waals surface area contributed by atoms with Gasteiger partial charge < -0.3 is 25.4 Å². The number of nitrogens with two attached hydrogens (primary N) is 1. The van der Waals surface area contributed by atoms with Crippen LogP contribution in [0.25, 0.3) is 0 Å². The molecule has 1 aliphatic heterocycles. The average Bonchev–Trinajstić information content (AvgIpc) is 2.67. The third-order valence-electron chi connectivity index (χ3n) is 4.46. The SMILES string of the molecule is COc1ccc(CN=C(N)N2CCN(c3ccc(F)cc3)CC2)cc1O. The molecule has 2 aromatic carbocycles. The second-order valence-electron chi connectivity index (χ2n) is 6.13. The summed E-state index contributed by atoms with van der Waals surface area (Å²) in [5.41, 5.74) is 7.98. The van der Waals surface area contributed by atoms with E-state index in [1.807, 2.05) is 11.0 Å². The highest BCUT2D eigenvalue weighted by Crippen LogP contribution is 2.26. The van der Waals surface area contributed by atoms with E-state index in [1.54, 1.807) is 24.3 Å². The molecule has 0 aromatic heterocycles. The Hall–Kier alpha value is -2.96. The molecule has 0 saturated carbocycles. The van der Waals surface area contributed by atoms with Gasteiger partial charge in [0.1, 0.15) is 5.82 Å². The summed E-state index contributed by atoms with van der Waals surface area (Å²) in [7, 11) is 1.51. The lowest BCUT2D eigenvalue weighted by Crippen LogP contribution is -2.51. The Labute approximate surface area is 152 Å². The van der Waals surface area contributed by atoms with Crippen molar-refractivity contribution in [3.63, 3.8) is 0 Å². The molecule has 0 unspecified atom stereocenters. The van der Waals surface area contributed by atoms with Crippen LogP contribution in [-0.2, 0) is 6.54 Å². The number of rotatable bonds is 4. The summed E-state index contributed by atoms with van der Waals surface area (Å²) in [5, 5.41) is 9.82. The molecular weight excluding hydrogens is 335 g/mol. The van der Waals surface area contributed by atoms with E-state index in [-0.39, 0.29) is 11.6 Å². The molecule has 0 aliphatic carbocycles. The van der Waals surface area contributed by atoms with Crippen molar-refractivity contribution in [1.82, 2.24) is 4.90 Å². The first-order chi connectivity index (χ1) is 12.6. The van der Waals surface area contributed by atoms with Crippen LogP contribution in [0.3, 0.4) is 0 Å². The summed E-state index contributed by atoms with van der Waals surface area (Å²) in [5.74, 6) is 0.779. The first-order valence-electron chi connectivity index (χ1n) is 8.48. The molecule has 0 spiro atoms. The number of hydrogen-bond donors (Lipinski definition) is 2. The maximum Gasteiger partial charge on any atom is 0.191 e. The monoisotopic (exact) mass is 358 g/mol. The second-order valence-corrected chi connectivity index (χ2v) is 6.13. The van der Waals surface area contributed by atoms with Crippen LogP contribution in [0.1, 0.15) is 5.56 Å². The van der Waals surface area contributed by atoms with E-state index in [1.165, 1.54) is 19.2 Å². The van der Waals surface area contributed by atoms with Gasteiger partial charge in [0.25, 0.3) is 0 Å². The summed E-state index contributed by atoms with van der Waals surface area (Å²) < 4.78 is 18.1. The largest absolute Gasteiger partial charge is 0.504 e. The topological polar surface area (TPSA) is 74.3 Å². The number of piperazine rings is 1. The van der Waals surface area contributed by atoms with E-state index in [0.29, 0.717) is 18.3 Å². The van der Waals surface area contributed by atoms with Gasteiger partial charge in [0.05, 0.1) is 13.7 Å². The Morgan fingerprint density at radius 1 is 1.15 bits per heavy atom. The van der Waals surface area contributed by atoms with Crippen molar-refractivity contribution in [3.05, 3.63) is 53.8 Å². The zero-order valence-corrected chi connectivity index (χ0v) is 14.7. The molecule has 1 aliphatic rings. The van der Waals surface area contributed by atoms with Crippen molar-refractivity contribution in [2.45, 2.75) is 6.54 Å². The molecule has 7 heteroatoms. The molecule has 1 heterocycles. The van der Waals surface area contributed by atoms with Crippen LogP contribution < -0.4 is 15.4 Å². The second kappa shape index (κ2) is 7.95. The highest BCUT2D eigenvalue weighted by Gasteiger charge is 2.18. The van der Waals surface area contributed by atoms with Crippen molar-refractivity contribution in [1.29, 1.82) is 0 Å². The van der Waals surface area contributed by atoms with Gasteiger partial charge in [-0.2, -0.15) is 0 Å². The summed E-state index contributed by atoms with van der Waals surface area (Å²) in [6.45, 7) is 3.49. The van der Waals surface area contributed by atoms with E-state index in [9.17, 15) is 9.50 Å². The van der Waals surface area contributed by atoms with E-state index in [4.69, 9.17) is 10.5 Å². The van der Waals surface area contributed by atoms with Gasteiger partial charge in [-0.05, 0) is 42.0 Å². The molecule has 26 heavy (non-hydrogen) atoms. The third-order valence-corrected chi connectivity index (χ3v) is 4.46. The van der Waals surface area contributed by atoms with Crippen molar-refractivity contribution in [2.75, 3.05) is 38.2 Å². The van der Waals surface area contributed by atoms with E-state index in [2.05, 4.69) is 9.89 Å². The van der Waals surface area contributed by atoms with Crippen LogP contribution in [-0.4, -0.2) is 49.3 Å². The van der Waals surface area contributed by atoms with Crippen LogP contribution in [0.2, 0.25) is 0 Å². The number of phenolic OH excluding ortho intramolecular Hbond substituents is 1. The normalized spacial score (nSPS) is 15.2. The van der Waals surface area contributed by atoms with Gasteiger partial charge in [-0.15, -0.1) is 0 Å². The van der Waals surface area contributed by atoms with Gasteiger partial charge >= 0.3 is 0 Å². The van der Waals surface area contributed by atoms with Crippen molar-refractivity contribution >= 4 is 11.6 Å². The maximum atomic E-state index is 13.0. The summed E-state index contributed by atoms with van der Waals surface area (Å²) in [4.78, 5) is 8.65. The fourth-order valence-corrected chi connectivity index (χ4v) is 2.95. The summed E-state index contributed by atoms with van der Waals surface area (Å²) in [6.07, 6.45) is 0. The number of phenols is 1. The zero-order chi connectivity index (χ0) is 18.5. The van der Waals surface area contributed by atoms with Gasteiger partial charge in [0.2, 0.25) is 0 Å². The minimum atomic E-state index is -0.228. The molecule has 0 bridgehead atoms. The number of hydrogen-bond acceptors (Lipinski definition) is 4. The quantitative estimate of drug-likeness (QED) is 0.647. The van der Waals surface area contributed by atoms with Gasteiger partial charge in [0, 0.05) is 31.9 Å². The Kier molecular flexibility index (Phi) is 5.46. The predicted molar refractivity (Wildman–Crippen MR) is 100 cm³/mol. The molecular formula is C19H23FN4O2. The number of benzene rings is 2. The number of guanidine groups is 1. The van der Waals surface area contributed by atoms with Crippen molar-refractivity contribution < 1.29 is 14.2 Å². The smallest absolute Gasteiger partial charge is 0.191 e. The number of ether oxygens (including phenoxy) is 1. The molecule has 0 radical (unpaired) electrons. The lowest BCUT2D eigenvalue weighted by molar-refractivity contribution is 0.373. The number of methoxy groups -OCH3 is 1. The van der Waals surface area contributed by atoms with E-state index in [0.717, 1.165) is 37.4 Å². The molecule has 138 valence electrons. The van der Waals surface area contributed by atoms with Gasteiger partial charge in [0.15, 0.2) is 17.5 Å². The Morgan fingerprint density at radius 2 is 1.85 bits per heavy atom. The van der Waals surface area contributed by atoms with Crippen LogP contribution in [0.4, 0.5) is 10.1 Å². The molecule has 2 aromatic rings. The van der Waals surface area contributed by atoms with Crippen molar-refractivity contribution in [2.24, 2.45) is 10.7 Å². The third kappa shape index (κ3) is 4.17. The molecule has 6 nitrogen and oxygen atoms in total. The van der Waals surface area contributed by atoms with E-state index >= 15 is 0 Å². The van der Waals surface area contributed by atoms with E-state index < -0.39 is 0 Å². The van der Waals surface area contributed by atoms with Crippen molar-refractivity contribution in [3.8, 4) is 11.5 Å². The fourth-order valence-electron chi connectivity index (χ4n) is 2.95. The number of halogens is 1. The lowest BCUT2D eigenvalue weighted by Gasteiger charge is -2.36. The van der Waals surface area contributed by atoms with Crippen LogP contribution >= 0.6 is 0 Å². The minimum Gasteiger partial charge on any atom is -0.504 e. The highest BCUT2D eigenvalue weighted by atomic mass is 19.1. The van der Waals surface area contributed by atoms with Gasteiger partial charge in [-0.3, -0.25) is 0 Å². The fraction of sp³-hybridized carbons (Fsp3) is 0.316. The first kappa shape index (κ1) is 17.8. The van der Waals surface area contributed by atoms with Crippen LogP contribution in [0.15, 0.2) is 47.5 Å². The standard InChI is InChI=1S/C19H23FN4O2/c1-26-18-7-2-14(12-17(18)25)13-22-19(21)24-10-8-23(9-11-24)16-5-3-15(20)4-6-16/h2-7,12,25H,8-11,13H2,1H3,(H2,21,22). The van der Waals surface area contributed by atoms with Crippen LogP contribution in [0, 0.1) is 5.82 Å². The van der Waals surface area contributed by atoms with Gasteiger partial charge in [-0.1, -0.05) is 6.07 Å². The number of aliphatic imine (C=N–C) groups is 1. The maximum absolute atomic E-state index is 13.0. The number of anilines is 1. The first-order valence-corrected chi connectivity index (χ1v) is 8.48. The summed E-state index contributed by atoms with van der Waals surface area (Å²) >= 11 is 0. The Morgan fingerprint density at radius 3 is 2.46 bits per heavy atom. The molecule has 3 rings (SSSR count). The predicted octanol–water partition coefficient (Wildman–Crippen LogP) is 2.18. The van der Waals surface area contributed by atoms with Crippen LogP contribution in [0.5, 0.6) is 11.5 Å². The Balaban J connectivity index is 1.56. The Bertz CT molecular complexity index is 772. The number of nitrogens with zero attached hydrogens (tertiary/aromatic N) is 3. The molecule has 3 N–H and O–H groups in total. The average molecular weight is 358 g/mol. The zero-order valence-electron chi connectivity index (χ0n) is 14.7. The minimum absolute atomic E-state index is 0.0895. The molecule has 0 atom stereocenters.